The molecule has 148 valence electrons. The number of benzene rings is 2. The van der Waals surface area contributed by atoms with E-state index >= 15 is 0 Å². The molecule has 0 aliphatic rings. The average Bonchev–Trinajstić information content (AvgIpc) is 2.60. The van der Waals surface area contributed by atoms with Gasteiger partial charge in [-0.3, -0.25) is 0 Å². The van der Waals surface area contributed by atoms with Gasteiger partial charge in [0.15, 0.2) is 6.04 Å². The maximum Gasteiger partial charge on any atom is 0.365 e. The summed E-state index contributed by atoms with van der Waals surface area (Å²) in [5.41, 5.74) is 5.62. The fourth-order valence-electron chi connectivity index (χ4n) is 1.82. The van der Waals surface area contributed by atoms with Gasteiger partial charge in [-0.1, -0.05) is 55.3 Å². The SMILES string of the molecule is CC(C)[C@H]([NH3+])C(=O)OCc1ccc(Cl)cc1.Cc1ccc(S(=O)(=O)[O-])cc1. The summed E-state index contributed by atoms with van der Waals surface area (Å²) in [4.78, 5) is 11.3. The molecule has 2 rings (SSSR count). The molecule has 2 aromatic carbocycles. The van der Waals surface area contributed by atoms with E-state index in [0.29, 0.717) is 5.02 Å². The lowest BCUT2D eigenvalue weighted by Gasteiger charge is -2.11. The Balaban J connectivity index is 0.000000289. The molecule has 3 N–H and O–H groups in total. The van der Waals surface area contributed by atoms with Crippen molar-refractivity contribution in [2.75, 3.05) is 0 Å². The number of rotatable bonds is 5. The standard InChI is InChI=1S/C12H16ClNO2.C7H8O3S/c1-8(2)11(14)12(15)16-7-9-3-5-10(13)6-4-9;1-6-2-4-7(5-3-6)11(8,9)10/h3-6,8,11H,7,14H2,1-2H3;2-5H,1H3,(H,8,9,10)/t11-;/m0./s1. The van der Waals surface area contributed by atoms with Crippen molar-refractivity contribution in [3.05, 3.63) is 64.7 Å². The maximum absolute atomic E-state index is 11.5. The summed E-state index contributed by atoms with van der Waals surface area (Å²) in [6.45, 7) is 5.98. The predicted octanol–water partition coefficient (Wildman–Crippen LogP) is 2.55. The van der Waals surface area contributed by atoms with E-state index in [0.717, 1.165) is 11.1 Å². The Morgan fingerprint density at radius 3 is 2.07 bits per heavy atom. The molecule has 0 heterocycles. The van der Waals surface area contributed by atoms with Gasteiger partial charge in [-0.25, -0.2) is 13.2 Å². The van der Waals surface area contributed by atoms with Crippen molar-refractivity contribution in [1.29, 1.82) is 0 Å². The molecule has 6 nitrogen and oxygen atoms in total. The molecule has 2 aromatic rings. The second-order valence-corrected chi connectivity index (χ2v) is 8.17. The van der Waals surface area contributed by atoms with Crippen LogP contribution >= 0.6 is 11.6 Å². The van der Waals surface area contributed by atoms with Crippen molar-refractivity contribution in [2.24, 2.45) is 5.92 Å². The Kier molecular flexibility index (Phi) is 8.92. The molecular weight excluding hydrogens is 390 g/mol. The van der Waals surface area contributed by atoms with Crippen LogP contribution in [0, 0.1) is 12.8 Å². The van der Waals surface area contributed by atoms with E-state index in [1.54, 1.807) is 24.3 Å². The number of aryl methyl sites for hydroxylation is 1. The third-order valence-corrected chi connectivity index (χ3v) is 4.81. The number of quaternary nitrogens is 1. The Labute approximate surface area is 165 Å². The number of halogens is 1. The normalized spacial score (nSPS) is 12.1. The van der Waals surface area contributed by atoms with Crippen LogP contribution in [-0.2, 0) is 26.3 Å². The van der Waals surface area contributed by atoms with Gasteiger partial charge < -0.3 is 15.0 Å². The van der Waals surface area contributed by atoms with Gasteiger partial charge in [-0.2, -0.15) is 0 Å². The number of esters is 1. The largest absolute Gasteiger partial charge is 0.744 e. The third kappa shape index (κ3) is 8.53. The highest BCUT2D eigenvalue weighted by Crippen LogP contribution is 2.11. The smallest absolute Gasteiger partial charge is 0.365 e. The van der Waals surface area contributed by atoms with E-state index < -0.39 is 10.1 Å². The van der Waals surface area contributed by atoms with Crippen molar-refractivity contribution in [3.63, 3.8) is 0 Å². The van der Waals surface area contributed by atoms with Gasteiger partial charge in [-0.05, 0) is 36.8 Å². The highest BCUT2D eigenvalue weighted by molar-refractivity contribution is 7.85. The molecule has 27 heavy (non-hydrogen) atoms. The quantitative estimate of drug-likeness (QED) is 0.598. The van der Waals surface area contributed by atoms with Gasteiger partial charge in [0.05, 0.1) is 4.90 Å². The Morgan fingerprint density at radius 2 is 1.63 bits per heavy atom. The van der Waals surface area contributed by atoms with E-state index in [-0.39, 0.29) is 29.4 Å². The average molecular weight is 414 g/mol. The first kappa shape index (κ1) is 23.1. The van der Waals surface area contributed by atoms with Crippen molar-refractivity contribution in [2.45, 2.75) is 38.3 Å². The van der Waals surface area contributed by atoms with Crippen LogP contribution in [0.2, 0.25) is 5.02 Å². The highest BCUT2D eigenvalue weighted by atomic mass is 35.5. The number of hydrogen-bond acceptors (Lipinski definition) is 5. The zero-order valence-electron chi connectivity index (χ0n) is 15.5. The molecule has 0 spiro atoms. The van der Waals surface area contributed by atoms with Crippen LogP contribution in [0.15, 0.2) is 53.4 Å². The van der Waals surface area contributed by atoms with E-state index in [2.05, 4.69) is 5.73 Å². The van der Waals surface area contributed by atoms with Crippen LogP contribution in [0.1, 0.15) is 25.0 Å². The van der Waals surface area contributed by atoms with Crippen LogP contribution in [0.5, 0.6) is 0 Å². The van der Waals surface area contributed by atoms with Gasteiger partial charge in [-0.15, -0.1) is 0 Å². The first-order valence-electron chi connectivity index (χ1n) is 8.27. The Bertz CT molecular complexity index is 833. The lowest BCUT2D eigenvalue weighted by atomic mass is 10.1. The minimum Gasteiger partial charge on any atom is -0.744 e. The van der Waals surface area contributed by atoms with Crippen LogP contribution in [0.25, 0.3) is 0 Å². The summed E-state index contributed by atoms with van der Waals surface area (Å²) in [6, 6.07) is 12.7. The van der Waals surface area contributed by atoms with Crippen molar-refractivity contribution in [3.8, 4) is 0 Å². The molecule has 0 saturated heterocycles. The second-order valence-electron chi connectivity index (χ2n) is 6.35. The lowest BCUT2D eigenvalue weighted by molar-refractivity contribution is -0.418. The topological polar surface area (TPSA) is 111 Å². The number of carbonyl (C=O) groups is 1. The van der Waals surface area contributed by atoms with Gasteiger partial charge in [0.1, 0.15) is 16.7 Å². The number of ether oxygens (including phenoxy) is 1. The van der Waals surface area contributed by atoms with Crippen molar-refractivity contribution >= 4 is 27.7 Å². The van der Waals surface area contributed by atoms with E-state index in [9.17, 15) is 17.8 Å². The number of hydrogen-bond donors (Lipinski definition) is 1. The molecule has 0 aromatic heterocycles. The molecule has 0 aliphatic carbocycles. The Morgan fingerprint density at radius 1 is 1.11 bits per heavy atom. The summed E-state index contributed by atoms with van der Waals surface area (Å²) < 4.78 is 36.3. The van der Waals surface area contributed by atoms with Gasteiger partial charge >= 0.3 is 5.97 Å². The zero-order valence-corrected chi connectivity index (χ0v) is 17.1. The lowest BCUT2D eigenvalue weighted by Crippen LogP contribution is -2.67. The second kappa shape index (κ2) is 10.4. The molecule has 0 unspecified atom stereocenters. The minimum absolute atomic E-state index is 0.178. The van der Waals surface area contributed by atoms with Gasteiger partial charge in [0.2, 0.25) is 0 Å². The summed E-state index contributed by atoms with van der Waals surface area (Å²) in [7, 11) is -4.27. The Hall–Kier alpha value is -1.93. The first-order chi connectivity index (χ1) is 12.5. The van der Waals surface area contributed by atoms with E-state index in [1.807, 2.05) is 32.9 Å². The van der Waals surface area contributed by atoms with Crippen LogP contribution in [0.4, 0.5) is 0 Å². The van der Waals surface area contributed by atoms with E-state index in [1.165, 1.54) is 12.1 Å². The molecule has 0 amide bonds. The molecule has 0 bridgehead atoms. The fraction of sp³-hybridized carbons (Fsp3) is 0.316. The summed E-state index contributed by atoms with van der Waals surface area (Å²) in [5, 5.41) is 0.673. The van der Waals surface area contributed by atoms with Crippen LogP contribution < -0.4 is 5.73 Å². The third-order valence-electron chi connectivity index (χ3n) is 3.71. The molecular formula is C19H24ClNO5S. The molecule has 0 fully saturated rings. The van der Waals surface area contributed by atoms with Crippen molar-refractivity contribution < 1.29 is 28.2 Å². The summed E-state index contributed by atoms with van der Waals surface area (Å²) >= 11 is 5.75. The summed E-state index contributed by atoms with van der Waals surface area (Å²) in [5.74, 6) is -0.0670. The molecule has 1 atom stereocenters. The zero-order chi connectivity index (χ0) is 20.6. The molecule has 0 aliphatic heterocycles. The van der Waals surface area contributed by atoms with Gasteiger partial charge in [0, 0.05) is 10.9 Å². The van der Waals surface area contributed by atoms with E-state index in [4.69, 9.17) is 16.3 Å². The number of carbonyl (C=O) groups excluding carboxylic acids is 1. The van der Waals surface area contributed by atoms with Crippen molar-refractivity contribution in [1.82, 2.24) is 0 Å². The maximum atomic E-state index is 11.5. The fourth-order valence-corrected chi connectivity index (χ4v) is 2.41. The molecule has 0 radical (unpaired) electrons. The molecule has 0 saturated carbocycles. The highest BCUT2D eigenvalue weighted by Gasteiger charge is 2.22. The summed E-state index contributed by atoms with van der Waals surface area (Å²) in [6.07, 6.45) is 0. The predicted molar refractivity (Wildman–Crippen MR) is 102 cm³/mol. The van der Waals surface area contributed by atoms with Crippen LogP contribution in [0.3, 0.4) is 0 Å². The van der Waals surface area contributed by atoms with Gasteiger partial charge in [0.25, 0.3) is 0 Å². The first-order valence-corrected chi connectivity index (χ1v) is 10.1. The monoisotopic (exact) mass is 413 g/mol. The molecule has 8 heteroatoms. The minimum atomic E-state index is -4.27. The van der Waals surface area contributed by atoms with Crippen LogP contribution in [-0.4, -0.2) is 25.0 Å².